The third-order valence-corrected chi connectivity index (χ3v) is 2.98. The highest BCUT2D eigenvalue weighted by Gasteiger charge is 2.20. The molecule has 0 aromatic heterocycles. The van der Waals surface area contributed by atoms with Crippen molar-refractivity contribution in [3.63, 3.8) is 0 Å². The second kappa shape index (κ2) is 5.85. The quantitative estimate of drug-likeness (QED) is 0.896. The molecule has 3 nitrogen and oxygen atoms in total. The van der Waals surface area contributed by atoms with Crippen LogP contribution in [-0.4, -0.2) is 29.0 Å². The van der Waals surface area contributed by atoms with Crippen LogP contribution < -0.4 is 0 Å². The van der Waals surface area contributed by atoms with E-state index in [4.69, 9.17) is 0 Å². The number of phenolic OH excluding ortho intramolecular Hbond substituents is 1. The van der Waals surface area contributed by atoms with Crippen LogP contribution in [0.5, 0.6) is 5.75 Å². The minimum Gasteiger partial charge on any atom is -0.507 e. The van der Waals surface area contributed by atoms with Crippen molar-refractivity contribution in [3.8, 4) is 5.75 Å². The third-order valence-electron chi connectivity index (χ3n) is 2.98. The summed E-state index contributed by atoms with van der Waals surface area (Å²) in [5.74, 6) is -0.678. The molecule has 100 valence electrons. The minimum absolute atomic E-state index is 0.0713. The van der Waals surface area contributed by atoms with Gasteiger partial charge in [-0.05, 0) is 31.4 Å². The van der Waals surface area contributed by atoms with Gasteiger partial charge in [0.05, 0.1) is 5.56 Å². The summed E-state index contributed by atoms with van der Waals surface area (Å²) in [7, 11) is 1.69. The molecular formula is C14H20FNO2. The van der Waals surface area contributed by atoms with Crippen molar-refractivity contribution in [3.05, 3.63) is 29.6 Å². The standard InChI is InChI=1S/C14H20FNO2/c1-9(2)7-10(3)16(4)14(18)12-6-5-11(15)8-13(12)17/h5-6,8-10,17H,7H2,1-4H3. The van der Waals surface area contributed by atoms with E-state index in [2.05, 4.69) is 13.8 Å². The Morgan fingerprint density at radius 1 is 1.39 bits per heavy atom. The predicted octanol–water partition coefficient (Wildman–Crippen LogP) is 3.04. The van der Waals surface area contributed by atoms with E-state index in [1.54, 1.807) is 11.9 Å². The molecule has 1 aromatic rings. The molecule has 4 heteroatoms. The first kappa shape index (κ1) is 14.5. The van der Waals surface area contributed by atoms with Crippen molar-refractivity contribution < 1.29 is 14.3 Å². The fourth-order valence-electron chi connectivity index (χ4n) is 1.92. The second-order valence-corrected chi connectivity index (χ2v) is 5.06. The Morgan fingerprint density at radius 2 is 2.00 bits per heavy atom. The molecule has 1 rings (SSSR count). The van der Waals surface area contributed by atoms with Gasteiger partial charge in [-0.3, -0.25) is 4.79 Å². The number of carbonyl (C=O) groups is 1. The normalized spacial score (nSPS) is 12.6. The number of carbonyl (C=O) groups excluding carboxylic acids is 1. The van der Waals surface area contributed by atoms with Crippen molar-refractivity contribution in [1.82, 2.24) is 4.90 Å². The molecule has 1 N–H and O–H groups in total. The first-order valence-electron chi connectivity index (χ1n) is 6.08. The summed E-state index contributed by atoms with van der Waals surface area (Å²) >= 11 is 0. The Morgan fingerprint density at radius 3 is 2.50 bits per heavy atom. The van der Waals surface area contributed by atoms with Crippen LogP contribution in [0.4, 0.5) is 4.39 Å². The lowest BCUT2D eigenvalue weighted by Gasteiger charge is -2.26. The number of nitrogens with zero attached hydrogens (tertiary/aromatic N) is 1. The van der Waals surface area contributed by atoms with Crippen LogP contribution in [-0.2, 0) is 0 Å². The molecule has 1 amide bonds. The summed E-state index contributed by atoms with van der Waals surface area (Å²) in [6, 6.07) is 3.51. The minimum atomic E-state index is -0.554. The lowest BCUT2D eigenvalue weighted by molar-refractivity contribution is 0.0725. The second-order valence-electron chi connectivity index (χ2n) is 5.06. The summed E-state index contributed by atoms with van der Waals surface area (Å²) in [6.45, 7) is 6.13. The Kier molecular flexibility index (Phi) is 4.70. The van der Waals surface area contributed by atoms with Crippen LogP contribution in [0.3, 0.4) is 0 Å². The average molecular weight is 253 g/mol. The van der Waals surface area contributed by atoms with E-state index in [-0.39, 0.29) is 23.3 Å². The number of phenols is 1. The van der Waals surface area contributed by atoms with Gasteiger partial charge in [0.2, 0.25) is 0 Å². The molecule has 18 heavy (non-hydrogen) atoms. The summed E-state index contributed by atoms with van der Waals surface area (Å²) in [5, 5.41) is 9.59. The Hall–Kier alpha value is -1.58. The molecule has 0 bridgehead atoms. The average Bonchev–Trinajstić information content (AvgIpc) is 2.26. The number of aromatic hydroxyl groups is 1. The number of hydrogen-bond donors (Lipinski definition) is 1. The van der Waals surface area contributed by atoms with Gasteiger partial charge in [0.25, 0.3) is 5.91 Å². The molecule has 1 aromatic carbocycles. The first-order chi connectivity index (χ1) is 8.32. The van der Waals surface area contributed by atoms with Gasteiger partial charge in [-0.2, -0.15) is 0 Å². The smallest absolute Gasteiger partial charge is 0.257 e. The topological polar surface area (TPSA) is 40.5 Å². The largest absolute Gasteiger partial charge is 0.507 e. The fraction of sp³-hybridized carbons (Fsp3) is 0.500. The molecule has 0 spiro atoms. The van der Waals surface area contributed by atoms with Gasteiger partial charge in [-0.1, -0.05) is 13.8 Å². The van der Waals surface area contributed by atoms with E-state index in [1.165, 1.54) is 12.1 Å². The molecule has 0 saturated carbocycles. The van der Waals surface area contributed by atoms with Crippen molar-refractivity contribution in [2.24, 2.45) is 5.92 Å². The van der Waals surface area contributed by atoms with Crippen molar-refractivity contribution >= 4 is 5.91 Å². The monoisotopic (exact) mass is 253 g/mol. The third kappa shape index (κ3) is 3.45. The lowest BCUT2D eigenvalue weighted by Crippen LogP contribution is -2.35. The number of benzene rings is 1. The van der Waals surface area contributed by atoms with Crippen LogP contribution in [0.1, 0.15) is 37.6 Å². The maximum absolute atomic E-state index is 12.9. The van der Waals surface area contributed by atoms with Crippen LogP contribution >= 0.6 is 0 Å². The van der Waals surface area contributed by atoms with Crippen LogP contribution in [0, 0.1) is 11.7 Å². The highest BCUT2D eigenvalue weighted by atomic mass is 19.1. The van der Waals surface area contributed by atoms with Gasteiger partial charge in [0.15, 0.2) is 0 Å². The Labute approximate surface area is 107 Å². The van der Waals surface area contributed by atoms with Gasteiger partial charge in [-0.25, -0.2) is 4.39 Å². The maximum Gasteiger partial charge on any atom is 0.257 e. The highest BCUT2D eigenvalue weighted by molar-refractivity contribution is 5.96. The molecule has 0 radical (unpaired) electrons. The zero-order valence-corrected chi connectivity index (χ0v) is 11.3. The van der Waals surface area contributed by atoms with E-state index in [0.717, 1.165) is 12.5 Å². The fourth-order valence-corrected chi connectivity index (χ4v) is 1.92. The number of hydrogen-bond acceptors (Lipinski definition) is 2. The molecule has 0 aliphatic heterocycles. The molecule has 1 atom stereocenters. The van der Waals surface area contributed by atoms with Crippen LogP contribution in [0.2, 0.25) is 0 Å². The molecule has 1 unspecified atom stereocenters. The van der Waals surface area contributed by atoms with E-state index in [9.17, 15) is 14.3 Å². The number of rotatable bonds is 4. The van der Waals surface area contributed by atoms with Crippen molar-refractivity contribution in [1.29, 1.82) is 0 Å². The van der Waals surface area contributed by atoms with Gasteiger partial charge in [-0.15, -0.1) is 0 Å². The molecular weight excluding hydrogens is 233 g/mol. The number of halogens is 1. The maximum atomic E-state index is 12.9. The highest BCUT2D eigenvalue weighted by Crippen LogP contribution is 2.21. The van der Waals surface area contributed by atoms with Crippen LogP contribution in [0.25, 0.3) is 0 Å². The van der Waals surface area contributed by atoms with E-state index in [1.807, 2.05) is 6.92 Å². The number of amides is 1. The van der Waals surface area contributed by atoms with E-state index >= 15 is 0 Å². The SMILES string of the molecule is CC(C)CC(C)N(C)C(=O)c1ccc(F)cc1O. The van der Waals surface area contributed by atoms with E-state index < -0.39 is 5.82 Å². The molecule has 0 aliphatic carbocycles. The Bertz CT molecular complexity index is 432. The summed E-state index contributed by atoms with van der Waals surface area (Å²) in [6.07, 6.45) is 0.879. The van der Waals surface area contributed by atoms with Gasteiger partial charge in [0.1, 0.15) is 11.6 Å². The molecule has 0 saturated heterocycles. The van der Waals surface area contributed by atoms with Gasteiger partial charge >= 0.3 is 0 Å². The van der Waals surface area contributed by atoms with Crippen LogP contribution in [0.15, 0.2) is 18.2 Å². The summed E-state index contributed by atoms with van der Waals surface area (Å²) < 4.78 is 12.9. The van der Waals surface area contributed by atoms with Gasteiger partial charge < -0.3 is 10.0 Å². The van der Waals surface area contributed by atoms with Gasteiger partial charge in [0, 0.05) is 19.2 Å². The predicted molar refractivity (Wildman–Crippen MR) is 69.1 cm³/mol. The molecule has 0 heterocycles. The van der Waals surface area contributed by atoms with E-state index in [0.29, 0.717) is 5.92 Å². The zero-order valence-electron chi connectivity index (χ0n) is 11.3. The summed E-state index contributed by atoms with van der Waals surface area (Å²) in [5.41, 5.74) is 0.134. The first-order valence-corrected chi connectivity index (χ1v) is 6.08. The molecule has 0 fully saturated rings. The summed E-state index contributed by atoms with van der Waals surface area (Å²) in [4.78, 5) is 13.7. The van der Waals surface area contributed by atoms with Crippen molar-refractivity contribution in [2.75, 3.05) is 7.05 Å². The molecule has 0 aliphatic rings. The Balaban J connectivity index is 2.86. The van der Waals surface area contributed by atoms with Crippen molar-refractivity contribution in [2.45, 2.75) is 33.2 Å². The zero-order chi connectivity index (χ0) is 13.9. The lowest BCUT2D eigenvalue weighted by atomic mass is 10.0.